The maximum atomic E-state index is 5.80. The molecule has 2 aliphatic rings. The van der Waals surface area contributed by atoms with Crippen LogP contribution in [0.3, 0.4) is 0 Å². The lowest BCUT2D eigenvalue weighted by molar-refractivity contribution is 0.0252. The first-order valence-electron chi connectivity index (χ1n) is 7.64. The van der Waals surface area contributed by atoms with E-state index in [2.05, 4.69) is 27.7 Å². The van der Waals surface area contributed by atoms with Crippen molar-refractivity contribution in [1.82, 2.24) is 0 Å². The lowest BCUT2D eigenvalue weighted by Gasteiger charge is -2.43. The van der Waals surface area contributed by atoms with Crippen molar-refractivity contribution >= 4 is 0 Å². The zero-order valence-corrected chi connectivity index (χ0v) is 12.2. The molecular weight excluding hydrogens is 208 g/mol. The second-order valence-electron chi connectivity index (χ2n) is 7.09. The SMILES string of the molecule is CC(C)C1CCCCC2(CCOC2)C1C(C)C. The van der Waals surface area contributed by atoms with Gasteiger partial charge in [0.25, 0.3) is 0 Å². The fourth-order valence-electron chi connectivity index (χ4n) is 4.69. The summed E-state index contributed by atoms with van der Waals surface area (Å²) in [6, 6.07) is 0. The van der Waals surface area contributed by atoms with Gasteiger partial charge in [-0.25, -0.2) is 0 Å². The van der Waals surface area contributed by atoms with Gasteiger partial charge in [0.15, 0.2) is 0 Å². The van der Waals surface area contributed by atoms with Crippen LogP contribution in [-0.4, -0.2) is 13.2 Å². The molecule has 3 atom stereocenters. The third-order valence-electron chi connectivity index (χ3n) is 5.34. The zero-order valence-electron chi connectivity index (χ0n) is 12.2. The highest BCUT2D eigenvalue weighted by Gasteiger charge is 2.48. The predicted octanol–water partition coefficient (Wildman–Crippen LogP) is 4.51. The fourth-order valence-corrected chi connectivity index (χ4v) is 4.69. The number of hydrogen-bond donors (Lipinski definition) is 0. The van der Waals surface area contributed by atoms with Crippen molar-refractivity contribution in [3.05, 3.63) is 0 Å². The van der Waals surface area contributed by atoms with Gasteiger partial charge in [-0.1, -0.05) is 40.5 Å². The Bertz CT molecular complexity index is 238. The van der Waals surface area contributed by atoms with Gasteiger partial charge in [0.2, 0.25) is 0 Å². The molecule has 0 amide bonds. The molecule has 17 heavy (non-hydrogen) atoms. The Labute approximate surface area is 107 Å². The van der Waals surface area contributed by atoms with Crippen LogP contribution in [0.5, 0.6) is 0 Å². The fraction of sp³-hybridized carbons (Fsp3) is 1.00. The van der Waals surface area contributed by atoms with Crippen LogP contribution in [0.2, 0.25) is 0 Å². The lowest BCUT2D eigenvalue weighted by Crippen LogP contribution is -2.40. The molecule has 0 aromatic rings. The van der Waals surface area contributed by atoms with Crippen LogP contribution in [0.1, 0.15) is 59.8 Å². The summed E-state index contributed by atoms with van der Waals surface area (Å²) in [6.45, 7) is 11.8. The van der Waals surface area contributed by atoms with Crippen LogP contribution in [0.25, 0.3) is 0 Å². The van der Waals surface area contributed by atoms with Crippen LogP contribution in [0.15, 0.2) is 0 Å². The van der Waals surface area contributed by atoms with Crippen LogP contribution in [0, 0.1) is 29.1 Å². The molecule has 1 aliphatic carbocycles. The Balaban J connectivity index is 2.28. The first-order chi connectivity index (χ1) is 8.07. The van der Waals surface area contributed by atoms with Gasteiger partial charge in [0.1, 0.15) is 0 Å². The Morgan fingerprint density at radius 3 is 2.29 bits per heavy atom. The van der Waals surface area contributed by atoms with E-state index in [9.17, 15) is 0 Å². The van der Waals surface area contributed by atoms with E-state index in [1.165, 1.54) is 32.1 Å². The molecule has 1 saturated carbocycles. The molecular formula is C16H30O. The topological polar surface area (TPSA) is 9.23 Å². The molecule has 0 aromatic heterocycles. The van der Waals surface area contributed by atoms with Crippen molar-refractivity contribution < 1.29 is 4.74 Å². The number of rotatable bonds is 2. The van der Waals surface area contributed by atoms with Gasteiger partial charge in [-0.05, 0) is 48.3 Å². The molecule has 2 rings (SSSR count). The van der Waals surface area contributed by atoms with Gasteiger partial charge >= 0.3 is 0 Å². The molecule has 2 fully saturated rings. The summed E-state index contributed by atoms with van der Waals surface area (Å²) in [5.41, 5.74) is 0.527. The highest BCUT2D eigenvalue weighted by atomic mass is 16.5. The molecule has 1 heteroatoms. The second kappa shape index (κ2) is 5.30. The number of ether oxygens (including phenoxy) is 1. The number of hydrogen-bond acceptors (Lipinski definition) is 1. The van der Waals surface area contributed by atoms with Crippen LogP contribution in [0.4, 0.5) is 0 Å². The Morgan fingerprint density at radius 2 is 1.76 bits per heavy atom. The quantitative estimate of drug-likeness (QED) is 0.687. The van der Waals surface area contributed by atoms with Gasteiger partial charge in [-0.3, -0.25) is 0 Å². The minimum Gasteiger partial charge on any atom is -0.381 e. The van der Waals surface area contributed by atoms with Crippen LogP contribution >= 0.6 is 0 Å². The Hall–Kier alpha value is -0.0400. The molecule has 0 N–H and O–H groups in total. The standard InChI is InChI=1S/C16H30O/c1-12(2)14-7-5-6-8-16(9-10-17-11-16)15(14)13(3)4/h12-15H,5-11H2,1-4H3. The van der Waals surface area contributed by atoms with E-state index < -0.39 is 0 Å². The van der Waals surface area contributed by atoms with Crippen molar-refractivity contribution in [3.8, 4) is 0 Å². The minimum atomic E-state index is 0.527. The lowest BCUT2D eigenvalue weighted by atomic mass is 9.61. The van der Waals surface area contributed by atoms with Gasteiger partial charge in [0.05, 0.1) is 6.61 Å². The van der Waals surface area contributed by atoms with Gasteiger partial charge < -0.3 is 4.74 Å². The average molecular weight is 238 g/mol. The maximum absolute atomic E-state index is 5.80. The molecule has 1 spiro atoms. The van der Waals surface area contributed by atoms with E-state index >= 15 is 0 Å². The molecule has 1 saturated heterocycles. The molecule has 1 aliphatic heterocycles. The van der Waals surface area contributed by atoms with Crippen molar-refractivity contribution in [2.24, 2.45) is 29.1 Å². The highest BCUT2D eigenvalue weighted by molar-refractivity contribution is 4.96. The first-order valence-corrected chi connectivity index (χ1v) is 7.64. The van der Waals surface area contributed by atoms with E-state index in [0.29, 0.717) is 5.41 Å². The summed E-state index contributed by atoms with van der Waals surface area (Å²) in [4.78, 5) is 0. The second-order valence-corrected chi connectivity index (χ2v) is 7.09. The van der Waals surface area contributed by atoms with Crippen molar-refractivity contribution in [2.45, 2.75) is 59.8 Å². The molecule has 0 bridgehead atoms. The van der Waals surface area contributed by atoms with Crippen molar-refractivity contribution in [2.75, 3.05) is 13.2 Å². The molecule has 100 valence electrons. The summed E-state index contributed by atoms with van der Waals surface area (Å²) in [5, 5.41) is 0. The highest BCUT2D eigenvalue weighted by Crippen LogP contribution is 2.52. The van der Waals surface area contributed by atoms with E-state index in [4.69, 9.17) is 4.74 Å². The van der Waals surface area contributed by atoms with E-state index in [1.54, 1.807) is 0 Å². The molecule has 0 aromatic carbocycles. The monoisotopic (exact) mass is 238 g/mol. The van der Waals surface area contributed by atoms with Gasteiger partial charge in [-0.2, -0.15) is 0 Å². The van der Waals surface area contributed by atoms with Crippen LogP contribution < -0.4 is 0 Å². The zero-order chi connectivity index (χ0) is 12.5. The summed E-state index contributed by atoms with van der Waals surface area (Å²) in [7, 11) is 0. The normalized spacial score (nSPS) is 39.2. The summed E-state index contributed by atoms with van der Waals surface area (Å²) in [6.07, 6.45) is 7.05. The largest absolute Gasteiger partial charge is 0.381 e. The summed E-state index contributed by atoms with van der Waals surface area (Å²) >= 11 is 0. The minimum absolute atomic E-state index is 0.527. The van der Waals surface area contributed by atoms with Gasteiger partial charge in [-0.15, -0.1) is 0 Å². The van der Waals surface area contributed by atoms with E-state index in [0.717, 1.165) is 36.9 Å². The Kier molecular flexibility index (Phi) is 4.18. The molecule has 0 radical (unpaired) electrons. The first kappa shape index (κ1) is 13.4. The smallest absolute Gasteiger partial charge is 0.0526 e. The molecule has 1 heterocycles. The predicted molar refractivity (Wildman–Crippen MR) is 73.0 cm³/mol. The third kappa shape index (κ3) is 2.54. The third-order valence-corrected chi connectivity index (χ3v) is 5.34. The molecule has 3 unspecified atom stereocenters. The van der Waals surface area contributed by atoms with Crippen LogP contribution in [-0.2, 0) is 4.74 Å². The van der Waals surface area contributed by atoms with E-state index in [-0.39, 0.29) is 0 Å². The molecule has 1 nitrogen and oxygen atoms in total. The summed E-state index contributed by atoms with van der Waals surface area (Å²) < 4.78 is 5.80. The van der Waals surface area contributed by atoms with Gasteiger partial charge in [0, 0.05) is 6.61 Å². The maximum Gasteiger partial charge on any atom is 0.0526 e. The Morgan fingerprint density at radius 1 is 1.00 bits per heavy atom. The average Bonchev–Trinajstić information content (AvgIpc) is 2.60. The summed E-state index contributed by atoms with van der Waals surface area (Å²) in [5.74, 6) is 3.44. The van der Waals surface area contributed by atoms with E-state index in [1.807, 2.05) is 0 Å². The van der Waals surface area contributed by atoms with Crippen molar-refractivity contribution in [3.63, 3.8) is 0 Å². The van der Waals surface area contributed by atoms with Crippen molar-refractivity contribution in [1.29, 1.82) is 0 Å².